The third-order valence-electron chi connectivity index (χ3n) is 3.62. The van der Waals surface area contributed by atoms with Crippen molar-refractivity contribution < 1.29 is 9.53 Å². The summed E-state index contributed by atoms with van der Waals surface area (Å²) < 4.78 is 8.58. The lowest BCUT2D eigenvalue weighted by molar-refractivity contribution is 0.100. The van der Waals surface area contributed by atoms with Crippen molar-refractivity contribution in [3.8, 4) is 0 Å². The molecule has 1 amide bonds. The highest BCUT2D eigenvalue weighted by Gasteiger charge is 2.13. The average molecular weight is 381 g/mol. The van der Waals surface area contributed by atoms with Gasteiger partial charge in [-0.3, -0.25) is 4.79 Å². The van der Waals surface area contributed by atoms with Crippen molar-refractivity contribution in [1.82, 2.24) is 4.57 Å². The number of ether oxygens (including phenoxy) is 1. The van der Waals surface area contributed by atoms with Crippen LogP contribution in [-0.2, 0) is 11.3 Å². The van der Waals surface area contributed by atoms with Crippen LogP contribution >= 0.6 is 34.3 Å². The number of nitrogens with zero attached hydrogens (tertiary/aromatic N) is 2. The molecule has 0 saturated carbocycles. The number of halogens is 1. The maximum Gasteiger partial charge on any atom is 0.289 e. The van der Waals surface area contributed by atoms with Gasteiger partial charge in [-0.25, -0.2) is 0 Å². The van der Waals surface area contributed by atoms with Gasteiger partial charge in [0.05, 0.1) is 21.7 Å². The molecule has 0 aliphatic carbocycles. The van der Waals surface area contributed by atoms with Crippen molar-refractivity contribution in [3.63, 3.8) is 0 Å². The van der Waals surface area contributed by atoms with Gasteiger partial charge in [0, 0.05) is 18.2 Å². The Labute approximate surface area is 153 Å². The van der Waals surface area contributed by atoms with Crippen molar-refractivity contribution >= 4 is 50.4 Å². The van der Waals surface area contributed by atoms with Gasteiger partial charge in [0.15, 0.2) is 4.80 Å². The molecule has 2 heterocycles. The minimum absolute atomic E-state index is 0.217. The van der Waals surface area contributed by atoms with Crippen LogP contribution < -0.4 is 4.80 Å². The van der Waals surface area contributed by atoms with E-state index >= 15 is 0 Å². The Hall–Kier alpha value is -1.47. The summed E-state index contributed by atoms with van der Waals surface area (Å²) in [7, 11) is 0. The molecule has 0 aliphatic heterocycles. The van der Waals surface area contributed by atoms with E-state index in [0.717, 1.165) is 15.8 Å². The van der Waals surface area contributed by atoms with Crippen molar-refractivity contribution in [3.05, 3.63) is 49.9 Å². The molecule has 0 aliphatic rings. The van der Waals surface area contributed by atoms with Crippen molar-refractivity contribution in [2.24, 2.45) is 4.99 Å². The predicted octanol–water partition coefficient (Wildman–Crippen LogP) is 4.50. The largest absolute Gasteiger partial charge is 0.380 e. The summed E-state index contributed by atoms with van der Waals surface area (Å²) in [5, 5.41) is 2.59. The van der Waals surface area contributed by atoms with E-state index in [1.54, 1.807) is 6.07 Å². The smallest absolute Gasteiger partial charge is 0.289 e. The summed E-state index contributed by atoms with van der Waals surface area (Å²) in [6.07, 6.45) is 0. The highest BCUT2D eigenvalue weighted by Crippen LogP contribution is 2.27. The molecule has 3 rings (SSSR count). The topological polar surface area (TPSA) is 43.6 Å². The molecular weight excluding hydrogens is 364 g/mol. The normalized spacial score (nSPS) is 12.2. The maximum absolute atomic E-state index is 12.4. The van der Waals surface area contributed by atoms with Crippen LogP contribution in [0.1, 0.15) is 22.2 Å². The second-order valence-electron chi connectivity index (χ2n) is 5.15. The van der Waals surface area contributed by atoms with E-state index in [2.05, 4.69) is 4.99 Å². The number of amides is 1. The average Bonchev–Trinajstić information content (AvgIpc) is 3.20. The molecule has 7 heteroatoms. The first-order valence-electron chi connectivity index (χ1n) is 7.60. The van der Waals surface area contributed by atoms with Crippen molar-refractivity contribution in [2.75, 3.05) is 13.2 Å². The molecule has 0 fully saturated rings. The Balaban J connectivity index is 2.13. The van der Waals surface area contributed by atoms with Crippen LogP contribution in [0, 0.1) is 6.92 Å². The Morgan fingerprint density at radius 1 is 1.38 bits per heavy atom. The molecule has 0 atom stereocenters. The number of aryl methyl sites for hydroxylation is 1. The number of thiophene rings is 1. The van der Waals surface area contributed by atoms with E-state index < -0.39 is 0 Å². The molecule has 126 valence electrons. The lowest BCUT2D eigenvalue weighted by Gasteiger charge is -2.08. The number of aromatic nitrogens is 1. The zero-order valence-corrected chi connectivity index (χ0v) is 15.8. The van der Waals surface area contributed by atoms with Crippen LogP contribution in [-0.4, -0.2) is 23.7 Å². The van der Waals surface area contributed by atoms with E-state index in [-0.39, 0.29) is 5.91 Å². The van der Waals surface area contributed by atoms with Crippen molar-refractivity contribution in [2.45, 2.75) is 20.4 Å². The zero-order chi connectivity index (χ0) is 17.1. The zero-order valence-electron chi connectivity index (χ0n) is 13.4. The first kappa shape index (κ1) is 17.4. The van der Waals surface area contributed by atoms with Crippen LogP contribution in [0.4, 0.5) is 0 Å². The number of thiazole rings is 1. The lowest BCUT2D eigenvalue weighted by atomic mass is 10.2. The van der Waals surface area contributed by atoms with Crippen LogP contribution in [0.5, 0.6) is 0 Å². The minimum Gasteiger partial charge on any atom is -0.380 e. The Morgan fingerprint density at radius 2 is 2.21 bits per heavy atom. The molecular formula is C17H17ClN2O2S2. The molecule has 24 heavy (non-hydrogen) atoms. The van der Waals surface area contributed by atoms with Gasteiger partial charge in [-0.2, -0.15) is 4.99 Å². The Morgan fingerprint density at radius 3 is 2.92 bits per heavy atom. The van der Waals surface area contributed by atoms with Gasteiger partial charge in [-0.05, 0) is 43.0 Å². The van der Waals surface area contributed by atoms with E-state index in [4.69, 9.17) is 16.3 Å². The number of carbonyl (C=O) groups is 1. The van der Waals surface area contributed by atoms with E-state index in [9.17, 15) is 4.79 Å². The molecule has 4 nitrogen and oxygen atoms in total. The van der Waals surface area contributed by atoms with Crippen LogP contribution in [0.3, 0.4) is 0 Å². The number of benzene rings is 1. The Kier molecular flexibility index (Phi) is 5.50. The number of carbonyl (C=O) groups excluding carboxylic acids is 1. The van der Waals surface area contributed by atoms with Gasteiger partial charge < -0.3 is 9.30 Å². The highest BCUT2D eigenvalue weighted by atomic mass is 35.5. The SMILES string of the molecule is CCOCCn1c(=NC(=O)c2cccs2)sc2ccc(Cl)c(C)c21. The van der Waals surface area contributed by atoms with E-state index in [1.165, 1.54) is 22.7 Å². The summed E-state index contributed by atoms with van der Waals surface area (Å²) in [5.74, 6) is -0.217. The number of hydrogen-bond acceptors (Lipinski definition) is 4. The molecule has 1 aromatic carbocycles. The van der Waals surface area contributed by atoms with Gasteiger partial charge in [0.1, 0.15) is 0 Å². The summed E-state index contributed by atoms with van der Waals surface area (Å²) in [5.41, 5.74) is 2.01. The third-order valence-corrected chi connectivity index (χ3v) is 5.93. The molecule has 2 aromatic heterocycles. The van der Waals surface area contributed by atoms with Gasteiger partial charge in [0.2, 0.25) is 0 Å². The summed E-state index contributed by atoms with van der Waals surface area (Å²) in [6.45, 7) is 5.80. The van der Waals surface area contributed by atoms with Crippen LogP contribution in [0.2, 0.25) is 5.02 Å². The summed E-state index contributed by atoms with van der Waals surface area (Å²) in [4.78, 5) is 18.0. The van der Waals surface area contributed by atoms with Gasteiger partial charge in [0.25, 0.3) is 5.91 Å². The van der Waals surface area contributed by atoms with E-state index in [0.29, 0.717) is 34.5 Å². The molecule has 0 saturated heterocycles. The fourth-order valence-corrected chi connectivity index (χ4v) is 4.32. The highest BCUT2D eigenvalue weighted by molar-refractivity contribution is 7.16. The number of hydrogen-bond donors (Lipinski definition) is 0. The van der Waals surface area contributed by atoms with Crippen LogP contribution in [0.25, 0.3) is 10.2 Å². The second kappa shape index (κ2) is 7.61. The molecule has 0 spiro atoms. The number of rotatable bonds is 5. The van der Waals surface area contributed by atoms with Gasteiger partial charge >= 0.3 is 0 Å². The molecule has 0 unspecified atom stereocenters. The van der Waals surface area contributed by atoms with Gasteiger partial charge in [-0.1, -0.05) is 29.0 Å². The van der Waals surface area contributed by atoms with Gasteiger partial charge in [-0.15, -0.1) is 11.3 Å². The molecule has 0 radical (unpaired) electrons. The monoisotopic (exact) mass is 380 g/mol. The van der Waals surface area contributed by atoms with E-state index in [1.807, 2.05) is 42.0 Å². The summed E-state index contributed by atoms with van der Waals surface area (Å²) >= 11 is 9.17. The second-order valence-corrected chi connectivity index (χ2v) is 7.51. The fourth-order valence-electron chi connectivity index (χ4n) is 2.45. The van der Waals surface area contributed by atoms with Crippen molar-refractivity contribution in [1.29, 1.82) is 0 Å². The standard InChI is InChI=1S/C17H17ClN2O2S2/c1-3-22-9-8-20-15-11(2)12(18)6-7-13(15)24-17(20)19-16(21)14-5-4-10-23-14/h4-7,10H,3,8-9H2,1-2H3. The third kappa shape index (κ3) is 3.47. The number of fused-ring (bicyclic) bond motifs is 1. The fraction of sp³-hybridized carbons (Fsp3) is 0.294. The summed E-state index contributed by atoms with van der Waals surface area (Å²) in [6, 6.07) is 7.50. The van der Waals surface area contributed by atoms with Crippen LogP contribution in [0.15, 0.2) is 34.6 Å². The first-order valence-corrected chi connectivity index (χ1v) is 9.68. The lowest BCUT2D eigenvalue weighted by Crippen LogP contribution is -2.20. The maximum atomic E-state index is 12.4. The minimum atomic E-state index is -0.217. The predicted molar refractivity (Wildman–Crippen MR) is 100 cm³/mol. The molecule has 0 N–H and O–H groups in total. The quantitative estimate of drug-likeness (QED) is 0.611. The Bertz CT molecular complexity index is 926. The first-order chi connectivity index (χ1) is 11.6. The molecule has 0 bridgehead atoms. The molecule has 3 aromatic rings.